The first kappa shape index (κ1) is 28.3. The van der Waals surface area contributed by atoms with E-state index in [9.17, 15) is 9.59 Å². The number of rotatable bonds is 11. The zero-order valence-electron chi connectivity index (χ0n) is 22.7. The van der Waals surface area contributed by atoms with Crippen molar-refractivity contribution in [3.05, 3.63) is 107 Å². The summed E-state index contributed by atoms with van der Waals surface area (Å²) in [6, 6.07) is 9.19. The molecule has 198 valence electrons. The summed E-state index contributed by atoms with van der Waals surface area (Å²) in [6.07, 6.45) is 11.3. The number of hydrogen-bond donors (Lipinski definition) is 1. The molecular formula is C31H36N4O3. The zero-order valence-corrected chi connectivity index (χ0v) is 22.7. The number of methoxy groups -OCH3 is 1. The molecule has 0 saturated carbocycles. The summed E-state index contributed by atoms with van der Waals surface area (Å²) in [6.45, 7) is 14.0. The molecule has 2 aromatic rings. The summed E-state index contributed by atoms with van der Waals surface area (Å²) in [5.74, 6) is 0.329. The fraction of sp³-hybridized carbons (Fsp3) is 0.290. The first-order valence-corrected chi connectivity index (χ1v) is 12.8. The van der Waals surface area contributed by atoms with Gasteiger partial charge in [0, 0.05) is 11.6 Å². The molecule has 0 fully saturated rings. The summed E-state index contributed by atoms with van der Waals surface area (Å²) in [5, 5.41) is 7.42. The van der Waals surface area contributed by atoms with E-state index in [1.54, 1.807) is 19.3 Å². The SMILES string of the molecule is C=CC(=NC(=C)NC(=O)C1C=CC=C(Cn2nc(-c3cc(CC)ccc3OC)ccc2=O)C1)/C(=C\C)CC. The molecular weight excluding hydrogens is 476 g/mol. The third kappa shape index (κ3) is 6.94. The van der Waals surface area contributed by atoms with E-state index in [-0.39, 0.29) is 23.8 Å². The smallest absolute Gasteiger partial charge is 0.267 e. The van der Waals surface area contributed by atoms with Crippen molar-refractivity contribution >= 4 is 11.6 Å². The quantitative estimate of drug-likeness (QED) is 0.400. The van der Waals surface area contributed by atoms with E-state index in [1.165, 1.54) is 10.7 Å². The van der Waals surface area contributed by atoms with Crippen molar-refractivity contribution in [1.29, 1.82) is 0 Å². The Morgan fingerprint density at radius 3 is 2.74 bits per heavy atom. The molecule has 1 N–H and O–H groups in total. The molecule has 0 radical (unpaired) electrons. The predicted molar refractivity (Wildman–Crippen MR) is 154 cm³/mol. The van der Waals surface area contributed by atoms with Crippen LogP contribution >= 0.6 is 0 Å². The lowest BCUT2D eigenvalue weighted by Gasteiger charge is -2.19. The van der Waals surface area contributed by atoms with Gasteiger partial charge in [0.1, 0.15) is 11.6 Å². The maximum Gasteiger partial charge on any atom is 0.267 e. The number of carbonyl (C=O) groups excluding carboxylic acids is 1. The number of allylic oxidation sites excluding steroid dienone is 6. The normalized spacial score (nSPS) is 15.6. The van der Waals surface area contributed by atoms with Crippen molar-refractivity contribution in [2.45, 2.75) is 46.6 Å². The van der Waals surface area contributed by atoms with E-state index < -0.39 is 5.92 Å². The summed E-state index contributed by atoms with van der Waals surface area (Å²) >= 11 is 0. The van der Waals surface area contributed by atoms with Gasteiger partial charge in [-0.1, -0.05) is 57.4 Å². The van der Waals surface area contributed by atoms with Crippen LogP contribution < -0.4 is 15.6 Å². The molecule has 1 aliphatic rings. The van der Waals surface area contributed by atoms with Crippen molar-refractivity contribution in [3.8, 4) is 17.0 Å². The van der Waals surface area contributed by atoms with Gasteiger partial charge in [-0.05, 0) is 67.2 Å². The van der Waals surface area contributed by atoms with Gasteiger partial charge in [0.05, 0.1) is 31.0 Å². The summed E-state index contributed by atoms with van der Waals surface area (Å²) in [5.41, 5.74) is 5.04. The molecule has 0 spiro atoms. The second-order valence-electron chi connectivity index (χ2n) is 8.93. The maximum atomic E-state index is 13.0. The topological polar surface area (TPSA) is 85.6 Å². The lowest BCUT2D eigenvalue weighted by molar-refractivity contribution is -0.122. The van der Waals surface area contributed by atoms with Crippen molar-refractivity contribution in [2.24, 2.45) is 10.9 Å². The Balaban J connectivity index is 1.75. The second-order valence-corrected chi connectivity index (χ2v) is 8.93. The number of nitrogens with one attached hydrogen (secondary N) is 1. The van der Waals surface area contributed by atoms with Crippen LogP contribution in [0.25, 0.3) is 11.3 Å². The van der Waals surface area contributed by atoms with Gasteiger partial charge in [0.2, 0.25) is 5.91 Å². The van der Waals surface area contributed by atoms with Crippen molar-refractivity contribution < 1.29 is 9.53 Å². The van der Waals surface area contributed by atoms with Crippen molar-refractivity contribution in [3.63, 3.8) is 0 Å². The Morgan fingerprint density at radius 1 is 1.29 bits per heavy atom. The van der Waals surface area contributed by atoms with Gasteiger partial charge < -0.3 is 10.1 Å². The number of aliphatic imine (C=N–C) groups is 1. The van der Waals surface area contributed by atoms with Crippen molar-refractivity contribution in [2.75, 3.05) is 7.11 Å². The molecule has 0 aliphatic heterocycles. The van der Waals surface area contributed by atoms with Gasteiger partial charge in [-0.3, -0.25) is 9.59 Å². The fourth-order valence-corrected chi connectivity index (χ4v) is 4.31. The Labute approximate surface area is 224 Å². The highest BCUT2D eigenvalue weighted by atomic mass is 16.5. The first-order chi connectivity index (χ1) is 18.3. The van der Waals surface area contributed by atoms with Gasteiger partial charge >= 0.3 is 0 Å². The fourth-order valence-electron chi connectivity index (χ4n) is 4.31. The van der Waals surface area contributed by atoms with E-state index in [1.807, 2.05) is 56.4 Å². The molecule has 1 unspecified atom stereocenters. The molecule has 1 aromatic carbocycles. The number of carbonyl (C=O) groups is 1. The van der Waals surface area contributed by atoms with Crippen LogP contribution in [0.4, 0.5) is 0 Å². The van der Waals surface area contributed by atoms with Crippen LogP contribution in [0.3, 0.4) is 0 Å². The Kier molecular flexibility index (Phi) is 9.93. The molecule has 1 aliphatic carbocycles. The molecule has 1 amide bonds. The van der Waals surface area contributed by atoms with Crippen LogP contribution in [-0.2, 0) is 17.8 Å². The van der Waals surface area contributed by atoms with E-state index >= 15 is 0 Å². The van der Waals surface area contributed by atoms with Crippen LogP contribution in [0.2, 0.25) is 0 Å². The van der Waals surface area contributed by atoms with E-state index in [0.717, 1.165) is 35.1 Å². The third-order valence-electron chi connectivity index (χ3n) is 6.44. The molecule has 7 nitrogen and oxygen atoms in total. The van der Waals surface area contributed by atoms with Gasteiger partial charge in [0.15, 0.2) is 0 Å². The minimum Gasteiger partial charge on any atom is -0.496 e. The number of benzene rings is 1. The third-order valence-corrected chi connectivity index (χ3v) is 6.44. The van der Waals surface area contributed by atoms with Crippen LogP contribution in [0, 0.1) is 5.92 Å². The number of nitrogens with zero attached hydrogens (tertiary/aromatic N) is 3. The number of ether oxygens (including phenoxy) is 1. The number of amides is 1. The van der Waals surface area contributed by atoms with E-state index in [4.69, 9.17) is 4.74 Å². The highest BCUT2D eigenvalue weighted by Crippen LogP contribution is 2.29. The van der Waals surface area contributed by atoms with Crippen LogP contribution in [0.5, 0.6) is 5.75 Å². The molecule has 1 aromatic heterocycles. The zero-order chi connectivity index (χ0) is 27.7. The predicted octanol–water partition coefficient (Wildman–Crippen LogP) is 5.55. The summed E-state index contributed by atoms with van der Waals surface area (Å²) in [7, 11) is 1.62. The molecule has 1 atom stereocenters. The monoisotopic (exact) mass is 512 g/mol. The Hall–Kier alpha value is -4.26. The average Bonchev–Trinajstić information content (AvgIpc) is 2.94. The number of aromatic nitrogens is 2. The standard InChI is InChI=1S/C31H36N4O3/c1-7-22-14-16-29(38-6)26(19-22)28-15-17-30(36)35(34-28)20-23-12-11-13-25(18-23)31(37)33-21(5)32-27(10-4)24(8-2)9-3/h8,10-17,19,25H,4-5,7,9,18,20H2,1-3,6H3,(H,33,37)/b24-8-,32-27?. The van der Waals surface area contributed by atoms with Gasteiger partial charge in [-0.2, -0.15) is 5.10 Å². The summed E-state index contributed by atoms with van der Waals surface area (Å²) < 4.78 is 6.96. The number of aryl methyl sites for hydroxylation is 1. The highest BCUT2D eigenvalue weighted by molar-refractivity contribution is 6.08. The lowest BCUT2D eigenvalue weighted by atomic mass is 9.93. The minimum absolute atomic E-state index is 0.210. The van der Waals surface area contributed by atoms with Crippen LogP contribution in [0.15, 0.2) is 101 Å². The van der Waals surface area contributed by atoms with E-state index in [2.05, 4.69) is 35.5 Å². The second kappa shape index (κ2) is 13.3. The lowest BCUT2D eigenvalue weighted by Crippen LogP contribution is -2.31. The van der Waals surface area contributed by atoms with Gasteiger partial charge in [-0.15, -0.1) is 0 Å². The van der Waals surface area contributed by atoms with Crippen molar-refractivity contribution in [1.82, 2.24) is 15.1 Å². The van der Waals surface area contributed by atoms with E-state index in [0.29, 0.717) is 23.6 Å². The molecule has 7 heteroatoms. The van der Waals surface area contributed by atoms with Crippen LogP contribution in [0.1, 0.15) is 39.2 Å². The highest BCUT2D eigenvalue weighted by Gasteiger charge is 2.21. The largest absolute Gasteiger partial charge is 0.496 e. The summed E-state index contributed by atoms with van der Waals surface area (Å²) in [4.78, 5) is 30.1. The molecule has 0 bridgehead atoms. The average molecular weight is 513 g/mol. The minimum atomic E-state index is -0.415. The number of hydrogen-bond acceptors (Lipinski definition) is 5. The Morgan fingerprint density at radius 2 is 2.08 bits per heavy atom. The Bertz CT molecular complexity index is 1390. The maximum absolute atomic E-state index is 13.0. The first-order valence-electron chi connectivity index (χ1n) is 12.8. The van der Waals surface area contributed by atoms with Gasteiger partial charge in [0.25, 0.3) is 5.56 Å². The van der Waals surface area contributed by atoms with Crippen LogP contribution in [-0.4, -0.2) is 28.5 Å². The molecule has 0 saturated heterocycles. The molecule has 38 heavy (non-hydrogen) atoms. The molecule has 3 rings (SSSR count). The van der Waals surface area contributed by atoms with Gasteiger partial charge in [-0.25, -0.2) is 9.67 Å². The molecule has 1 heterocycles.